The molecule has 0 fully saturated rings. The molecular formula is C11H16FNOS2. The molecule has 1 aromatic rings. The van der Waals surface area contributed by atoms with Crippen LogP contribution in [-0.2, 0) is 39.3 Å². The molecule has 1 atom stereocenters. The molecule has 5 heteroatoms. The number of aromatic nitrogens is 1. The van der Waals surface area contributed by atoms with E-state index >= 15 is 0 Å². The van der Waals surface area contributed by atoms with E-state index < -0.39 is 0 Å². The molecule has 0 radical (unpaired) electrons. The zero-order valence-electron chi connectivity index (χ0n) is 9.66. The van der Waals surface area contributed by atoms with E-state index in [0.29, 0.717) is 22.6 Å². The van der Waals surface area contributed by atoms with Crippen molar-refractivity contribution in [1.29, 1.82) is 0 Å². The van der Waals surface area contributed by atoms with Crippen molar-refractivity contribution in [1.82, 2.24) is 4.98 Å². The van der Waals surface area contributed by atoms with Crippen LogP contribution in [-0.4, -0.2) is 12.1 Å². The molecule has 90 valence electrons. The van der Waals surface area contributed by atoms with Gasteiger partial charge in [-0.15, -0.1) is 10.3 Å². The van der Waals surface area contributed by atoms with E-state index in [9.17, 15) is 4.39 Å². The van der Waals surface area contributed by atoms with Gasteiger partial charge >= 0.3 is 0 Å². The van der Waals surface area contributed by atoms with Crippen molar-refractivity contribution in [2.75, 3.05) is 7.11 Å². The Bertz CT molecular complexity index is 384. The summed E-state index contributed by atoms with van der Waals surface area (Å²) in [7, 11) is 2.32. The third kappa shape index (κ3) is 3.06. The highest BCUT2D eigenvalue weighted by molar-refractivity contribution is 8.18. The Morgan fingerprint density at radius 2 is 2.31 bits per heavy atom. The molecule has 1 aromatic heterocycles. The van der Waals surface area contributed by atoms with Crippen molar-refractivity contribution >= 4 is 21.5 Å². The number of rotatable bonds is 5. The van der Waals surface area contributed by atoms with E-state index in [0.717, 1.165) is 17.7 Å². The molecule has 0 spiro atoms. The number of pyridine rings is 1. The van der Waals surface area contributed by atoms with Crippen molar-refractivity contribution < 1.29 is 9.13 Å². The number of ether oxygens (including phenoxy) is 1. The summed E-state index contributed by atoms with van der Waals surface area (Å²) in [6.45, 7) is 4.27. The number of hydrogen-bond donors (Lipinski definition) is 1. The number of thiol groups is 1. The average molecular weight is 261 g/mol. The second-order valence-electron chi connectivity index (χ2n) is 3.53. The van der Waals surface area contributed by atoms with Crippen molar-refractivity contribution in [3.05, 3.63) is 28.8 Å². The standard InChI is InChI=1S/C11H16FNOS2/c1-4-8-5-9(12)11(7(2)16-15)13-10(8)6-14-3/h5,7,16H,4,6H2,1-3H3. The second kappa shape index (κ2) is 6.37. The van der Waals surface area contributed by atoms with Gasteiger partial charge in [-0.3, -0.25) is 4.98 Å². The zero-order valence-corrected chi connectivity index (χ0v) is 11.4. The first-order chi connectivity index (χ1) is 7.63. The molecule has 0 saturated carbocycles. The molecule has 16 heavy (non-hydrogen) atoms. The first-order valence-corrected chi connectivity index (χ1v) is 7.11. The van der Waals surface area contributed by atoms with E-state index in [1.807, 2.05) is 13.8 Å². The number of halogens is 1. The van der Waals surface area contributed by atoms with E-state index in [2.05, 4.69) is 4.98 Å². The normalized spacial score (nSPS) is 12.8. The molecule has 2 nitrogen and oxygen atoms in total. The van der Waals surface area contributed by atoms with Crippen molar-refractivity contribution in [3.8, 4) is 0 Å². The summed E-state index contributed by atoms with van der Waals surface area (Å²) in [5.74, 6) is -0.262. The van der Waals surface area contributed by atoms with Crippen molar-refractivity contribution in [2.45, 2.75) is 32.1 Å². The van der Waals surface area contributed by atoms with Gasteiger partial charge < -0.3 is 4.74 Å². The van der Waals surface area contributed by atoms with Gasteiger partial charge in [0, 0.05) is 12.4 Å². The van der Waals surface area contributed by atoms with Gasteiger partial charge in [-0.2, -0.15) is 0 Å². The molecular weight excluding hydrogens is 245 g/mol. The van der Waals surface area contributed by atoms with Crippen molar-refractivity contribution in [2.24, 2.45) is 0 Å². The number of nitrogens with zero attached hydrogens (tertiary/aromatic N) is 1. The predicted molar refractivity (Wildman–Crippen MR) is 68.8 cm³/mol. The summed E-state index contributed by atoms with van der Waals surface area (Å²) in [4.78, 5) is 4.33. The first-order valence-electron chi connectivity index (χ1n) is 5.13. The Balaban J connectivity index is 3.21. The van der Waals surface area contributed by atoms with Gasteiger partial charge in [0.15, 0.2) is 0 Å². The highest BCUT2D eigenvalue weighted by atomic mass is 32.8. The van der Waals surface area contributed by atoms with Gasteiger partial charge in [0.1, 0.15) is 5.82 Å². The molecule has 0 N–H and O–H groups in total. The van der Waals surface area contributed by atoms with Gasteiger partial charge in [-0.05, 0) is 25.0 Å². The largest absolute Gasteiger partial charge is 0.378 e. The van der Waals surface area contributed by atoms with Crippen LogP contribution in [0.2, 0.25) is 0 Å². The lowest BCUT2D eigenvalue weighted by molar-refractivity contribution is 0.180. The molecule has 0 saturated heterocycles. The molecule has 0 amide bonds. The highest BCUT2D eigenvalue weighted by Gasteiger charge is 2.14. The first kappa shape index (κ1) is 13.7. The molecule has 0 aliphatic carbocycles. The van der Waals surface area contributed by atoms with Crippen molar-refractivity contribution in [3.63, 3.8) is 0 Å². The van der Waals surface area contributed by atoms with E-state index in [1.165, 1.54) is 0 Å². The summed E-state index contributed by atoms with van der Waals surface area (Å²) in [6.07, 6.45) is 0.753. The van der Waals surface area contributed by atoms with E-state index in [-0.39, 0.29) is 11.1 Å². The maximum Gasteiger partial charge on any atom is 0.146 e. The summed E-state index contributed by atoms with van der Waals surface area (Å²) in [6, 6.07) is 1.55. The lowest BCUT2D eigenvalue weighted by Gasteiger charge is -2.12. The minimum absolute atomic E-state index is 0.0588. The quantitative estimate of drug-likeness (QED) is 0.822. The molecule has 0 bridgehead atoms. The Morgan fingerprint density at radius 3 is 2.81 bits per heavy atom. The lowest BCUT2D eigenvalue weighted by atomic mass is 10.1. The Labute approximate surface area is 104 Å². The van der Waals surface area contributed by atoms with E-state index in [4.69, 9.17) is 15.9 Å². The SMILES string of the molecule is CCc1cc(F)c(C(C)[SH]=S)nc1COC. The third-order valence-corrected chi connectivity index (χ3v) is 3.90. The fraction of sp³-hybridized carbons (Fsp3) is 0.545. The van der Waals surface area contributed by atoms with Gasteiger partial charge in [-0.1, -0.05) is 18.1 Å². The number of methoxy groups -OCH3 is 1. The summed E-state index contributed by atoms with van der Waals surface area (Å²) in [5, 5.41) is -0.0588. The van der Waals surface area contributed by atoms with Gasteiger partial charge in [-0.25, -0.2) is 4.39 Å². The molecule has 1 unspecified atom stereocenters. The predicted octanol–water partition coefficient (Wildman–Crippen LogP) is 2.27. The lowest BCUT2D eigenvalue weighted by Crippen LogP contribution is -2.07. The van der Waals surface area contributed by atoms with Crippen LogP contribution >= 0.6 is 0 Å². The van der Waals surface area contributed by atoms with Crippen LogP contribution in [0.25, 0.3) is 0 Å². The molecule has 1 heterocycles. The summed E-state index contributed by atoms with van der Waals surface area (Å²) in [5.41, 5.74) is 2.16. The smallest absolute Gasteiger partial charge is 0.146 e. The van der Waals surface area contributed by atoms with Gasteiger partial charge in [0.25, 0.3) is 0 Å². The van der Waals surface area contributed by atoms with E-state index in [1.54, 1.807) is 13.2 Å². The second-order valence-corrected chi connectivity index (χ2v) is 5.15. The molecule has 0 aliphatic heterocycles. The van der Waals surface area contributed by atoms with Crippen LogP contribution in [0.1, 0.15) is 36.0 Å². The third-order valence-electron chi connectivity index (χ3n) is 2.39. The van der Waals surface area contributed by atoms with Crippen LogP contribution in [0, 0.1) is 5.82 Å². The van der Waals surface area contributed by atoms with Crippen LogP contribution in [0.5, 0.6) is 0 Å². The minimum Gasteiger partial charge on any atom is -0.378 e. The number of hydrogen-bond acceptors (Lipinski definition) is 3. The fourth-order valence-corrected chi connectivity index (χ4v) is 2.07. The highest BCUT2D eigenvalue weighted by Crippen LogP contribution is 2.20. The van der Waals surface area contributed by atoms with Gasteiger partial charge in [0.2, 0.25) is 0 Å². The molecule has 0 aromatic carbocycles. The fourth-order valence-electron chi connectivity index (χ4n) is 1.49. The summed E-state index contributed by atoms with van der Waals surface area (Å²) < 4.78 is 18.8. The maximum atomic E-state index is 13.7. The average Bonchev–Trinajstić information content (AvgIpc) is 2.30. The van der Waals surface area contributed by atoms with Gasteiger partial charge in [0.05, 0.1) is 18.0 Å². The Hall–Kier alpha value is -0.390. The Kier molecular flexibility index (Phi) is 5.44. The zero-order chi connectivity index (χ0) is 12.1. The van der Waals surface area contributed by atoms with Crippen LogP contribution in [0.3, 0.4) is 0 Å². The Morgan fingerprint density at radius 1 is 1.62 bits per heavy atom. The molecule has 1 rings (SSSR count). The minimum atomic E-state index is -0.262. The number of aryl methyl sites for hydroxylation is 1. The summed E-state index contributed by atoms with van der Waals surface area (Å²) >= 11 is 4.92. The van der Waals surface area contributed by atoms with Crippen LogP contribution < -0.4 is 0 Å². The monoisotopic (exact) mass is 261 g/mol. The maximum absolute atomic E-state index is 13.7. The molecule has 0 aliphatic rings. The van der Waals surface area contributed by atoms with Crippen LogP contribution in [0.15, 0.2) is 6.07 Å². The topological polar surface area (TPSA) is 22.1 Å². The van der Waals surface area contributed by atoms with Crippen LogP contribution in [0.4, 0.5) is 4.39 Å².